The lowest BCUT2D eigenvalue weighted by molar-refractivity contribution is 0.551. The van der Waals surface area contributed by atoms with Gasteiger partial charge in [-0.2, -0.15) is 0 Å². The van der Waals surface area contributed by atoms with E-state index in [4.69, 9.17) is 5.73 Å². The van der Waals surface area contributed by atoms with Crippen LogP contribution in [0.4, 0.5) is 5.69 Å². The SMILES string of the molecule is [CH2]C1Cc2ccc(N)cc2CN1. The predicted molar refractivity (Wildman–Crippen MR) is 50.5 cm³/mol. The highest BCUT2D eigenvalue weighted by Gasteiger charge is 2.13. The third-order valence-corrected chi connectivity index (χ3v) is 2.28. The molecule has 1 aliphatic heterocycles. The van der Waals surface area contributed by atoms with Crippen LogP contribution in [0.5, 0.6) is 0 Å². The minimum Gasteiger partial charge on any atom is -0.399 e. The fourth-order valence-corrected chi connectivity index (χ4v) is 1.60. The van der Waals surface area contributed by atoms with E-state index in [2.05, 4.69) is 18.3 Å². The van der Waals surface area contributed by atoms with Crippen molar-refractivity contribution >= 4 is 5.69 Å². The molecule has 0 saturated carbocycles. The molecule has 1 aliphatic rings. The lowest BCUT2D eigenvalue weighted by Gasteiger charge is -2.23. The minimum absolute atomic E-state index is 0.348. The van der Waals surface area contributed by atoms with Crippen LogP contribution in [0.2, 0.25) is 0 Å². The van der Waals surface area contributed by atoms with Gasteiger partial charge in [-0.15, -0.1) is 0 Å². The highest BCUT2D eigenvalue weighted by atomic mass is 14.9. The Labute approximate surface area is 72.8 Å². The van der Waals surface area contributed by atoms with Crippen LogP contribution in [0, 0.1) is 6.92 Å². The summed E-state index contributed by atoms with van der Waals surface area (Å²) in [5.74, 6) is 0. The summed E-state index contributed by atoms with van der Waals surface area (Å²) < 4.78 is 0. The Bertz CT molecular complexity index is 294. The first-order valence-electron chi connectivity index (χ1n) is 4.19. The van der Waals surface area contributed by atoms with Crippen LogP contribution in [0.15, 0.2) is 18.2 Å². The standard InChI is InChI=1S/C10H13N2/c1-7-4-8-2-3-10(11)5-9(8)6-12-7/h2-3,5,7,12H,1,4,6,11H2. The molecule has 1 unspecified atom stereocenters. The van der Waals surface area contributed by atoms with Crippen LogP contribution in [0.25, 0.3) is 0 Å². The maximum absolute atomic E-state index is 5.67. The van der Waals surface area contributed by atoms with Gasteiger partial charge in [0.15, 0.2) is 0 Å². The molecule has 63 valence electrons. The summed E-state index contributed by atoms with van der Waals surface area (Å²) >= 11 is 0. The molecule has 1 aromatic rings. The molecule has 0 aromatic heterocycles. The van der Waals surface area contributed by atoms with Gasteiger partial charge in [0, 0.05) is 18.3 Å². The smallest absolute Gasteiger partial charge is 0.0317 e. The maximum atomic E-state index is 5.67. The second-order valence-corrected chi connectivity index (χ2v) is 3.31. The largest absolute Gasteiger partial charge is 0.399 e. The van der Waals surface area contributed by atoms with Gasteiger partial charge >= 0.3 is 0 Å². The highest BCUT2D eigenvalue weighted by molar-refractivity contribution is 5.45. The number of hydrogen-bond acceptors (Lipinski definition) is 2. The van der Waals surface area contributed by atoms with E-state index in [1.54, 1.807) is 0 Å². The van der Waals surface area contributed by atoms with Gasteiger partial charge in [-0.3, -0.25) is 0 Å². The van der Waals surface area contributed by atoms with Gasteiger partial charge in [0.25, 0.3) is 0 Å². The Morgan fingerprint density at radius 1 is 1.42 bits per heavy atom. The first kappa shape index (κ1) is 7.62. The maximum Gasteiger partial charge on any atom is 0.0317 e. The van der Waals surface area contributed by atoms with E-state index in [-0.39, 0.29) is 0 Å². The van der Waals surface area contributed by atoms with Gasteiger partial charge in [0.1, 0.15) is 0 Å². The zero-order valence-electron chi connectivity index (χ0n) is 7.01. The normalized spacial score (nSPS) is 21.9. The Morgan fingerprint density at radius 3 is 3.08 bits per heavy atom. The number of nitrogens with one attached hydrogen (secondary N) is 1. The Balaban J connectivity index is 2.37. The van der Waals surface area contributed by atoms with E-state index in [0.717, 1.165) is 18.7 Å². The number of benzene rings is 1. The molecule has 1 atom stereocenters. The van der Waals surface area contributed by atoms with Crippen molar-refractivity contribution in [2.45, 2.75) is 19.0 Å². The molecule has 0 spiro atoms. The van der Waals surface area contributed by atoms with E-state index in [0.29, 0.717) is 6.04 Å². The molecule has 0 saturated heterocycles. The van der Waals surface area contributed by atoms with Gasteiger partial charge in [-0.1, -0.05) is 6.07 Å². The number of fused-ring (bicyclic) bond motifs is 1. The molecular formula is C10H13N2. The molecule has 1 heterocycles. The molecule has 1 aromatic carbocycles. The number of anilines is 1. The minimum atomic E-state index is 0.348. The van der Waals surface area contributed by atoms with Crippen molar-refractivity contribution in [3.05, 3.63) is 36.2 Å². The number of nitrogens with two attached hydrogens (primary N) is 1. The van der Waals surface area contributed by atoms with Crippen molar-refractivity contribution in [1.29, 1.82) is 0 Å². The molecule has 0 amide bonds. The summed E-state index contributed by atoms with van der Waals surface area (Å²) in [7, 11) is 0. The lowest BCUT2D eigenvalue weighted by Crippen LogP contribution is -2.33. The summed E-state index contributed by atoms with van der Waals surface area (Å²) in [6.45, 7) is 4.87. The molecule has 2 nitrogen and oxygen atoms in total. The summed E-state index contributed by atoms with van der Waals surface area (Å²) in [5, 5.41) is 3.30. The molecule has 1 radical (unpaired) electrons. The first-order valence-corrected chi connectivity index (χ1v) is 4.19. The molecule has 2 rings (SSSR count). The summed E-state index contributed by atoms with van der Waals surface area (Å²) in [6.07, 6.45) is 1.01. The van der Waals surface area contributed by atoms with Gasteiger partial charge in [0.2, 0.25) is 0 Å². The zero-order valence-corrected chi connectivity index (χ0v) is 7.01. The molecule has 3 N–H and O–H groups in total. The quantitative estimate of drug-likeness (QED) is 0.559. The monoisotopic (exact) mass is 161 g/mol. The van der Waals surface area contributed by atoms with E-state index in [1.807, 2.05) is 12.1 Å². The molecule has 0 fully saturated rings. The van der Waals surface area contributed by atoms with Crippen LogP contribution in [0.1, 0.15) is 11.1 Å². The van der Waals surface area contributed by atoms with E-state index >= 15 is 0 Å². The predicted octanol–water partition coefficient (Wildman–Crippen LogP) is 1.12. The molecule has 12 heavy (non-hydrogen) atoms. The van der Waals surface area contributed by atoms with Crippen molar-refractivity contribution in [3.63, 3.8) is 0 Å². The Hall–Kier alpha value is -1.02. The lowest BCUT2D eigenvalue weighted by atomic mass is 9.96. The van der Waals surface area contributed by atoms with Crippen molar-refractivity contribution in [3.8, 4) is 0 Å². The number of nitrogen functional groups attached to an aromatic ring is 1. The van der Waals surface area contributed by atoms with Crippen LogP contribution in [-0.4, -0.2) is 6.04 Å². The second-order valence-electron chi connectivity index (χ2n) is 3.31. The fourth-order valence-electron chi connectivity index (χ4n) is 1.60. The average molecular weight is 161 g/mol. The molecule has 0 aliphatic carbocycles. The van der Waals surface area contributed by atoms with Crippen LogP contribution in [0.3, 0.4) is 0 Å². The molecule has 0 bridgehead atoms. The summed E-state index contributed by atoms with van der Waals surface area (Å²) in [5.41, 5.74) is 9.21. The average Bonchev–Trinajstić information content (AvgIpc) is 2.05. The van der Waals surface area contributed by atoms with Crippen molar-refractivity contribution < 1.29 is 0 Å². The van der Waals surface area contributed by atoms with Crippen LogP contribution in [-0.2, 0) is 13.0 Å². The van der Waals surface area contributed by atoms with Gasteiger partial charge < -0.3 is 11.1 Å². The van der Waals surface area contributed by atoms with Crippen LogP contribution >= 0.6 is 0 Å². The zero-order chi connectivity index (χ0) is 8.55. The third kappa shape index (κ3) is 1.30. The van der Waals surface area contributed by atoms with Gasteiger partial charge in [0.05, 0.1) is 0 Å². The fraction of sp³-hybridized carbons (Fsp3) is 0.300. The Kier molecular flexibility index (Phi) is 1.77. The Morgan fingerprint density at radius 2 is 2.25 bits per heavy atom. The van der Waals surface area contributed by atoms with Crippen molar-refractivity contribution in [1.82, 2.24) is 5.32 Å². The van der Waals surface area contributed by atoms with Gasteiger partial charge in [-0.25, -0.2) is 0 Å². The second kappa shape index (κ2) is 2.79. The van der Waals surface area contributed by atoms with Crippen LogP contribution < -0.4 is 11.1 Å². The number of hydrogen-bond donors (Lipinski definition) is 2. The van der Waals surface area contributed by atoms with Crippen molar-refractivity contribution in [2.24, 2.45) is 0 Å². The third-order valence-electron chi connectivity index (χ3n) is 2.28. The highest BCUT2D eigenvalue weighted by Crippen LogP contribution is 2.18. The summed E-state index contributed by atoms with van der Waals surface area (Å²) in [4.78, 5) is 0. The topological polar surface area (TPSA) is 38.0 Å². The van der Waals surface area contributed by atoms with E-state index < -0.39 is 0 Å². The summed E-state index contributed by atoms with van der Waals surface area (Å²) in [6, 6.07) is 6.44. The molecule has 2 heteroatoms. The number of rotatable bonds is 0. The van der Waals surface area contributed by atoms with Crippen molar-refractivity contribution in [2.75, 3.05) is 5.73 Å². The first-order chi connectivity index (χ1) is 5.75. The van der Waals surface area contributed by atoms with E-state index in [9.17, 15) is 0 Å². The van der Waals surface area contributed by atoms with Gasteiger partial charge in [-0.05, 0) is 36.6 Å². The van der Waals surface area contributed by atoms with E-state index in [1.165, 1.54) is 11.1 Å². The molecular weight excluding hydrogens is 148 g/mol.